The van der Waals surface area contributed by atoms with Crippen LogP contribution in [0.4, 0.5) is 0 Å². The topological polar surface area (TPSA) is 67.9 Å². The standard InChI is InChI=1S/C13H19N3O/c1-3-13(4-2,10-15)12(17)16(9-5-8-14)11-6-7-11/h11H,3-7,9H2,1-2H3. The van der Waals surface area contributed by atoms with Crippen molar-refractivity contribution in [1.29, 1.82) is 10.5 Å². The van der Waals surface area contributed by atoms with Gasteiger partial charge in [-0.15, -0.1) is 0 Å². The molecule has 17 heavy (non-hydrogen) atoms. The minimum Gasteiger partial charge on any atom is -0.337 e. The molecular weight excluding hydrogens is 214 g/mol. The first-order valence-corrected chi connectivity index (χ1v) is 6.24. The van der Waals surface area contributed by atoms with Gasteiger partial charge >= 0.3 is 0 Å². The molecule has 0 aromatic carbocycles. The van der Waals surface area contributed by atoms with Crippen LogP contribution in [0.15, 0.2) is 0 Å². The van der Waals surface area contributed by atoms with Crippen LogP contribution < -0.4 is 0 Å². The Hall–Kier alpha value is -1.55. The first-order valence-electron chi connectivity index (χ1n) is 6.24. The lowest BCUT2D eigenvalue weighted by atomic mass is 9.82. The first kappa shape index (κ1) is 13.5. The normalized spacial score (nSPS) is 14.8. The summed E-state index contributed by atoms with van der Waals surface area (Å²) in [6.45, 7) is 4.21. The molecule has 1 aliphatic carbocycles. The molecule has 0 atom stereocenters. The molecular formula is C13H19N3O. The van der Waals surface area contributed by atoms with Crippen molar-refractivity contribution in [1.82, 2.24) is 4.90 Å². The van der Waals surface area contributed by atoms with Crippen LogP contribution in [-0.2, 0) is 4.79 Å². The zero-order valence-electron chi connectivity index (χ0n) is 10.6. The van der Waals surface area contributed by atoms with Gasteiger partial charge in [0.15, 0.2) is 0 Å². The summed E-state index contributed by atoms with van der Waals surface area (Å²) in [4.78, 5) is 14.2. The van der Waals surface area contributed by atoms with E-state index in [4.69, 9.17) is 5.26 Å². The number of hydrogen-bond acceptors (Lipinski definition) is 3. The third-order valence-corrected chi connectivity index (χ3v) is 3.54. The molecule has 4 heteroatoms. The summed E-state index contributed by atoms with van der Waals surface area (Å²) in [5.74, 6) is -0.0808. The van der Waals surface area contributed by atoms with Crippen molar-refractivity contribution < 1.29 is 4.79 Å². The Morgan fingerprint density at radius 3 is 2.29 bits per heavy atom. The summed E-state index contributed by atoms with van der Waals surface area (Å²) in [6.07, 6.45) is 3.43. The van der Waals surface area contributed by atoms with Crippen molar-refractivity contribution >= 4 is 5.91 Å². The van der Waals surface area contributed by atoms with Gasteiger partial charge in [0.25, 0.3) is 0 Å². The van der Waals surface area contributed by atoms with E-state index in [-0.39, 0.29) is 11.9 Å². The van der Waals surface area contributed by atoms with Crippen LogP contribution in [0.25, 0.3) is 0 Å². The molecule has 1 fully saturated rings. The molecule has 0 aliphatic heterocycles. The molecule has 1 amide bonds. The van der Waals surface area contributed by atoms with Crippen molar-refractivity contribution in [3.63, 3.8) is 0 Å². The van der Waals surface area contributed by atoms with Gasteiger partial charge in [-0.25, -0.2) is 0 Å². The van der Waals surface area contributed by atoms with Crippen LogP contribution in [0, 0.1) is 28.1 Å². The van der Waals surface area contributed by atoms with Crippen molar-refractivity contribution in [2.45, 2.75) is 52.0 Å². The minimum absolute atomic E-state index is 0.0808. The Balaban J connectivity index is 2.83. The molecule has 1 aliphatic rings. The van der Waals surface area contributed by atoms with E-state index in [2.05, 4.69) is 12.1 Å². The number of hydrogen-bond donors (Lipinski definition) is 0. The lowest BCUT2D eigenvalue weighted by Crippen LogP contribution is -2.44. The molecule has 0 radical (unpaired) electrons. The second-order valence-electron chi connectivity index (χ2n) is 4.54. The van der Waals surface area contributed by atoms with E-state index in [1.54, 1.807) is 4.90 Å². The molecule has 0 N–H and O–H groups in total. The highest BCUT2D eigenvalue weighted by molar-refractivity contribution is 5.86. The zero-order valence-corrected chi connectivity index (χ0v) is 10.6. The molecule has 4 nitrogen and oxygen atoms in total. The highest BCUT2D eigenvalue weighted by Crippen LogP contribution is 2.34. The van der Waals surface area contributed by atoms with Crippen LogP contribution in [-0.4, -0.2) is 23.4 Å². The molecule has 92 valence electrons. The van der Waals surface area contributed by atoms with Gasteiger partial charge in [0, 0.05) is 12.6 Å². The number of rotatable bonds is 6. The monoisotopic (exact) mass is 233 g/mol. The maximum atomic E-state index is 12.4. The quantitative estimate of drug-likeness (QED) is 0.706. The van der Waals surface area contributed by atoms with Crippen molar-refractivity contribution in [3.8, 4) is 12.1 Å². The fraction of sp³-hybridized carbons (Fsp3) is 0.769. The number of carbonyl (C=O) groups excluding carboxylic acids is 1. The molecule has 0 bridgehead atoms. The van der Waals surface area contributed by atoms with Crippen molar-refractivity contribution in [2.75, 3.05) is 6.54 Å². The maximum absolute atomic E-state index is 12.4. The van der Waals surface area contributed by atoms with Crippen LogP contribution >= 0.6 is 0 Å². The zero-order chi connectivity index (χ0) is 12.9. The molecule has 0 aromatic rings. The van der Waals surface area contributed by atoms with Gasteiger partial charge in [-0.05, 0) is 25.7 Å². The van der Waals surface area contributed by atoms with Crippen LogP contribution in [0.1, 0.15) is 46.0 Å². The van der Waals surface area contributed by atoms with Crippen molar-refractivity contribution in [3.05, 3.63) is 0 Å². The molecule has 1 saturated carbocycles. The Morgan fingerprint density at radius 2 is 1.94 bits per heavy atom. The highest BCUT2D eigenvalue weighted by Gasteiger charge is 2.43. The highest BCUT2D eigenvalue weighted by atomic mass is 16.2. The van der Waals surface area contributed by atoms with Gasteiger partial charge in [0.1, 0.15) is 5.41 Å². The molecule has 0 saturated heterocycles. The number of nitrogens with zero attached hydrogens (tertiary/aromatic N) is 3. The van der Waals surface area contributed by atoms with Gasteiger partial charge < -0.3 is 4.90 Å². The van der Waals surface area contributed by atoms with E-state index in [1.807, 2.05) is 13.8 Å². The van der Waals surface area contributed by atoms with Crippen LogP contribution in [0.2, 0.25) is 0 Å². The fourth-order valence-electron chi connectivity index (χ4n) is 2.04. The third kappa shape index (κ3) is 2.77. The number of carbonyl (C=O) groups is 1. The van der Waals surface area contributed by atoms with E-state index >= 15 is 0 Å². The van der Waals surface area contributed by atoms with Gasteiger partial charge in [-0.1, -0.05) is 13.8 Å². The second-order valence-corrected chi connectivity index (χ2v) is 4.54. The number of nitriles is 2. The average Bonchev–Trinajstić information content (AvgIpc) is 3.17. The fourth-order valence-corrected chi connectivity index (χ4v) is 2.04. The Morgan fingerprint density at radius 1 is 1.35 bits per heavy atom. The summed E-state index contributed by atoms with van der Waals surface area (Å²) in [7, 11) is 0. The molecule has 0 aromatic heterocycles. The van der Waals surface area contributed by atoms with Crippen molar-refractivity contribution in [2.24, 2.45) is 5.41 Å². The third-order valence-electron chi connectivity index (χ3n) is 3.54. The molecule has 1 rings (SSSR count). The van der Waals surface area contributed by atoms with E-state index in [0.29, 0.717) is 25.8 Å². The molecule has 0 heterocycles. The predicted octanol–water partition coefficient (Wildman–Crippen LogP) is 2.22. The lowest BCUT2D eigenvalue weighted by Gasteiger charge is -2.30. The SMILES string of the molecule is CCC(C#N)(CC)C(=O)N(CCC#N)C1CC1. The summed E-state index contributed by atoms with van der Waals surface area (Å²) >= 11 is 0. The average molecular weight is 233 g/mol. The smallest absolute Gasteiger partial charge is 0.243 e. The summed E-state index contributed by atoms with van der Waals surface area (Å²) < 4.78 is 0. The second kappa shape index (κ2) is 5.68. The molecule has 0 spiro atoms. The number of amides is 1. The Labute approximate surface area is 103 Å². The lowest BCUT2D eigenvalue weighted by molar-refractivity contribution is -0.140. The summed E-state index contributed by atoms with van der Waals surface area (Å²) in [5.41, 5.74) is -0.891. The maximum Gasteiger partial charge on any atom is 0.243 e. The Bertz CT molecular complexity index is 356. The van der Waals surface area contributed by atoms with Crippen LogP contribution in [0.5, 0.6) is 0 Å². The largest absolute Gasteiger partial charge is 0.337 e. The summed E-state index contributed by atoms with van der Waals surface area (Å²) in [6, 6.07) is 4.51. The van der Waals surface area contributed by atoms with E-state index in [0.717, 1.165) is 12.8 Å². The molecule has 0 unspecified atom stereocenters. The minimum atomic E-state index is -0.891. The van der Waals surface area contributed by atoms with Gasteiger partial charge in [-0.2, -0.15) is 10.5 Å². The summed E-state index contributed by atoms with van der Waals surface area (Å²) in [5, 5.41) is 17.9. The predicted molar refractivity (Wildman–Crippen MR) is 63.6 cm³/mol. The van der Waals surface area contributed by atoms with E-state index in [1.165, 1.54) is 0 Å². The Kier molecular flexibility index (Phi) is 4.52. The van der Waals surface area contributed by atoms with E-state index < -0.39 is 5.41 Å². The first-order chi connectivity index (χ1) is 8.15. The van der Waals surface area contributed by atoms with Crippen LogP contribution in [0.3, 0.4) is 0 Å². The van der Waals surface area contributed by atoms with Gasteiger partial charge in [-0.3, -0.25) is 4.79 Å². The van der Waals surface area contributed by atoms with Gasteiger partial charge in [0.05, 0.1) is 18.6 Å². The van der Waals surface area contributed by atoms with Gasteiger partial charge in [0.2, 0.25) is 5.91 Å². The van der Waals surface area contributed by atoms with E-state index in [9.17, 15) is 10.1 Å².